The first-order valence-electron chi connectivity index (χ1n) is 11.8. The monoisotopic (exact) mass is 498 g/mol. The number of sulfonamides is 1. The molecule has 1 saturated carbocycles. The van der Waals surface area contributed by atoms with Gasteiger partial charge in [0.15, 0.2) is 11.5 Å². The molecule has 2 aliphatic rings. The van der Waals surface area contributed by atoms with E-state index in [-0.39, 0.29) is 10.8 Å². The molecule has 0 radical (unpaired) electrons. The van der Waals surface area contributed by atoms with E-state index in [0.717, 1.165) is 25.7 Å². The lowest BCUT2D eigenvalue weighted by molar-refractivity contribution is -0.123. The van der Waals surface area contributed by atoms with Crippen molar-refractivity contribution in [3.05, 3.63) is 42.5 Å². The first kappa shape index (κ1) is 24.7. The van der Waals surface area contributed by atoms with Gasteiger partial charge in [-0.15, -0.1) is 0 Å². The Morgan fingerprint density at radius 1 is 0.971 bits per heavy atom. The molecule has 1 amide bonds. The molecule has 2 aromatic rings. The quantitative estimate of drug-likeness (QED) is 0.529. The molecule has 9 nitrogen and oxygen atoms in total. The second-order valence-corrected chi connectivity index (χ2v) is 10.6. The number of nitrogens with one attached hydrogen (secondary N) is 3. The zero-order chi connectivity index (χ0) is 24.9. The fraction of sp³-hybridized carbons (Fsp3) is 0.440. The maximum Gasteiger partial charge on any atom is 0.262 e. The van der Waals surface area contributed by atoms with Crippen LogP contribution >= 0.6 is 0 Å². The molecule has 10 heteroatoms. The summed E-state index contributed by atoms with van der Waals surface area (Å²) >= 11 is 0. The Kier molecular flexibility index (Phi) is 7.36. The number of nitriles is 1. The van der Waals surface area contributed by atoms with Crippen molar-refractivity contribution in [2.75, 3.05) is 23.3 Å². The zero-order valence-electron chi connectivity index (χ0n) is 19.7. The van der Waals surface area contributed by atoms with Gasteiger partial charge in [0.2, 0.25) is 5.91 Å². The van der Waals surface area contributed by atoms with Crippen LogP contribution in [0.2, 0.25) is 0 Å². The van der Waals surface area contributed by atoms with E-state index < -0.39 is 21.6 Å². The summed E-state index contributed by atoms with van der Waals surface area (Å²) in [4.78, 5) is 12.8. The van der Waals surface area contributed by atoms with Gasteiger partial charge in [-0.3, -0.25) is 9.52 Å². The molecule has 1 fully saturated rings. The summed E-state index contributed by atoms with van der Waals surface area (Å²) in [5.74, 6) is 0.690. The van der Waals surface area contributed by atoms with E-state index in [1.165, 1.54) is 12.1 Å². The number of ether oxygens (including phenoxy) is 2. The highest BCUT2D eigenvalue weighted by Gasteiger charge is 2.34. The highest BCUT2D eigenvalue weighted by Crippen LogP contribution is 2.32. The third-order valence-electron chi connectivity index (χ3n) is 6.23. The van der Waals surface area contributed by atoms with Gasteiger partial charge in [-0.2, -0.15) is 5.26 Å². The van der Waals surface area contributed by atoms with Crippen LogP contribution in [0.5, 0.6) is 11.5 Å². The van der Waals surface area contributed by atoms with Crippen LogP contribution in [0.25, 0.3) is 0 Å². The second-order valence-electron chi connectivity index (χ2n) is 8.95. The van der Waals surface area contributed by atoms with Gasteiger partial charge in [-0.1, -0.05) is 19.3 Å². The van der Waals surface area contributed by atoms with Gasteiger partial charge in [0.25, 0.3) is 10.0 Å². The fourth-order valence-corrected chi connectivity index (χ4v) is 5.31. The molecule has 3 N–H and O–H groups in total. The standard InChI is InChI=1S/C25H30N4O5S/c1-18(24(30)28-25(17-26)12-3-2-4-13-25)27-19-6-8-20(9-7-19)29-35(31,32)21-10-11-22-23(16-21)34-15-5-14-33-22/h6-11,16,18,27,29H,2-5,12-15H2,1H3,(H,28,30). The Bertz CT molecular complexity index is 1200. The number of carbonyl (C=O) groups excluding carboxylic acids is 1. The molecule has 1 aliphatic carbocycles. The van der Waals surface area contributed by atoms with Gasteiger partial charge in [-0.05, 0) is 56.2 Å². The van der Waals surface area contributed by atoms with Crippen LogP contribution < -0.4 is 24.8 Å². The normalized spacial score (nSPS) is 17.8. The molecule has 0 aromatic heterocycles. The van der Waals surface area contributed by atoms with Gasteiger partial charge in [0, 0.05) is 23.9 Å². The number of anilines is 2. The Labute approximate surface area is 205 Å². The van der Waals surface area contributed by atoms with Crippen molar-refractivity contribution in [2.45, 2.75) is 61.9 Å². The van der Waals surface area contributed by atoms with Crippen molar-refractivity contribution < 1.29 is 22.7 Å². The molecular formula is C25H30N4O5S. The molecule has 2 aromatic carbocycles. The molecule has 186 valence electrons. The number of benzene rings is 2. The summed E-state index contributed by atoms with van der Waals surface area (Å²) in [7, 11) is -3.83. The highest BCUT2D eigenvalue weighted by atomic mass is 32.2. The molecule has 35 heavy (non-hydrogen) atoms. The van der Waals surface area contributed by atoms with Crippen LogP contribution in [0.1, 0.15) is 45.4 Å². The maximum atomic E-state index is 12.9. The Morgan fingerprint density at radius 3 is 2.31 bits per heavy atom. The SMILES string of the molecule is CC(Nc1ccc(NS(=O)(=O)c2ccc3c(c2)OCCCO3)cc1)C(=O)NC1(C#N)CCCCC1. The predicted molar refractivity (Wildman–Crippen MR) is 132 cm³/mol. The average molecular weight is 499 g/mol. The van der Waals surface area contributed by atoms with Crippen LogP contribution in [-0.2, 0) is 14.8 Å². The number of rotatable bonds is 7. The Balaban J connectivity index is 1.37. The summed E-state index contributed by atoms with van der Waals surface area (Å²) < 4.78 is 39.5. The largest absolute Gasteiger partial charge is 0.490 e. The van der Waals surface area contributed by atoms with E-state index >= 15 is 0 Å². The number of nitrogens with zero attached hydrogens (tertiary/aromatic N) is 1. The summed E-state index contributed by atoms with van der Waals surface area (Å²) in [6.07, 6.45) is 5.01. The van der Waals surface area contributed by atoms with E-state index in [1.54, 1.807) is 37.3 Å². The second kappa shape index (κ2) is 10.4. The fourth-order valence-electron chi connectivity index (χ4n) is 4.24. The van der Waals surface area contributed by atoms with Crippen molar-refractivity contribution in [3.8, 4) is 17.6 Å². The van der Waals surface area contributed by atoms with Crippen molar-refractivity contribution >= 4 is 27.3 Å². The molecule has 1 aliphatic heterocycles. The van der Waals surface area contributed by atoms with Crippen LogP contribution in [0.3, 0.4) is 0 Å². The molecule has 1 heterocycles. The number of hydrogen-bond donors (Lipinski definition) is 3. The molecule has 0 bridgehead atoms. The van der Waals surface area contributed by atoms with Gasteiger partial charge < -0.3 is 20.1 Å². The molecule has 0 saturated heterocycles. The summed E-state index contributed by atoms with van der Waals surface area (Å²) in [6, 6.07) is 12.9. The van der Waals surface area contributed by atoms with Crippen LogP contribution in [0.4, 0.5) is 11.4 Å². The van der Waals surface area contributed by atoms with Crippen LogP contribution in [-0.4, -0.2) is 39.1 Å². The topological polar surface area (TPSA) is 130 Å². The Hall–Kier alpha value is -3.45. The highest BCUT2D eigenvalue weighted by molar-refractivity contribution is 7.92. The number of carbonyl (C=O) groups is 1. The smallest absolute Gasteiger partial charge is 0.262 e. The van der Waals surface area contributed by atoms with Crippen LogP contribution in [0.15, 0.2) is 47.4 Å². The minimum absolute atomic E-state index is 0.0726. The summed E-state index contributed by atoms with van der Waals surface area (Å²) in [5, 5.41) is 15.6. The van der Waals surface area contributed by atoms with E-state index in [2.05, 4.69) is 21.4 Å². The van der Waals surface area contributed by atoms with E-state index in [9.17, 15) is 18.5 Å². The van der Waals surface area contributed by atoms with Crippen LogP contribution in [0, 0.1) is 11.3 Å². The van der Waals surface area contributed by atoms with Crippen molar-refractivity contribution in [3.63, 3.8) is 0 Å². The number of hydrogen-bond acceptors (Lipinski definition) is 7. The molecule has 4 rings (SSSR count). The maximum absolute atomic E-state index is 12.9. The number of amides is 1. The molecular weight excluding hydrogens is 468 g/mol. The van der Waals surface area contributed by atoms with Crippen molar-refractivity contribution in [1.29, 1.82) is 5.26 Å². The minimum atomic E-state index is -3.83. The Morgan fingerprint density at radius 2 is 1.63 bits per heavy atom. The first-order valence-corrected chi connectivity index (χ1v) is 13.3. The molecule has 0 spiro atoms. The lowest BCUT2D eigenvalue weighted by Gasteiger charge is -2.32. The predicted octanol–water partition coefficient (Wildman–Crippen LogP) is 3.79. The average Bonchev–Trinajstić information content (AvgIpc) is 3.10. The van der Waals surface area contributed by atoms with E-state index in [1.807, 2.05) is 0 Å². The van der Waals surface area contributed by atoms with Gasteiger partial charge in [0.05, 0.1) is 24.2 Å². The summed E-state index contributed by atoms with van der Waals surface area (Å²) in [6.45, 7) is 2.72. The van der Waals surface area contributed by atoms with Crippen molar-refractivity contribution in [1.82, 2.24) is 5.32 Å². The molecule has 1 unspecified atom stereocenters. The van der Waals surface area contributed by atoms with Gasteiger partial charge in [0.1, 0.15) is 11.6 Å². The first-order chi connectivity index (χ1) is 16.8. The lowest BCUT2D eigenvalue weighted by atomic mass is 9.82. The molecule has 1 atom stereocenters. The number of fused-ring (bicyclic) bond motifs is 1. The van der Waals surface area contributed by atoms with Crippen molar-refractivity contribution in [2.24, 2.45) is 0 Å². The zero-order valence-corrected chi connectivity index (χ0v) is 20.5. The van der Waals surface area contributed by atoms with Gasteiger partial charge in [-0.25, -0.2) is 8.42 Å². The van der Waals surface area contributed by atoms with E-state index in [0.29, 0.717) is 48.9 Å². The van der Waals surface area contributed by atoms with E-state index in [4.69, 9.17) is 9.47 Å². The minimum Gasteiger partial charge on any atom is -0.490 e. The third kappa shape index (κ3) is 5.98. The lowest BCUT2D eigenvalue weighted by Crippen LogP contribution is -2.52. The summed E-state index contributed by atoms with van der Waals surface area (Å²) in [5.41, 5.74) is 0.242. The third-order valence-corrected chi connectivity index (χ3v) is 7.61. The van der Waals surface area contributed by atoms with Gasteiger partial charge >= 0.3 is 0 Å².